The second-order valence-corrected chi connectivity index (χ2v) is 3.90. The minimum atomic E-state index is -0.447. The Morgan fingerprint density at radius 3 is 2.47 bits per heavy atom. The summed E-state index contributed by atoms with van der Waals surface area (Å²) in [4.78, 5) is 0. The number of unbranched alkanes of at least 4 members (excludes halogenated alkanes) is 1. The lowest BCUT2D eigenvalue weighted by atomic mass is 10.1. The first-order valence-corrected chi connectivity index (χ1v) is 5.88. The van der Waals surface area contributed by atoms with Gasteiger partial charge < -0.3 is 10.1 Å². The summed E-state index contributed by atoms with van der Waals surface area (Å²) in [5, 5.41) is 3.19. The van der Waals surface area contributed by atoms with Crippen molar-refractivity contribution < 1.29 is 13.5 Å². The molecule has 96 valence electrons. The van der Waals surface area contributed by atoms with Crippen LogP contribution < -0.4 is 5.32 Å². The zero-order valence-electron chi connectivity index (χ0n) is 10.1. The van der Waals surface area contributed by atoms with E-state index in [0.29, 0.717) is 13.0 Å². The molecule has 0 heterocycles. The molecule has 0 aliphatic rings. The monoisotopic (exact) mass is 243 g/mol. The van der Waals surface area contributed by atoms with Crippen molar-refractivity contribution in [2.24, 2.45) is 0 Å². The van der Waals surface area contributed by atoms with Gasteiger partial charge in [-0.1, -0.05) is 6.07 Å². The predicted molar refractivity (Wildman–Crippen MR) is 64.0 cm³/mol. The first kappa shape index (κ1) is 14.1. The SMILES string of the molecule is COCCNCCCCc1c(F)cccc1F. The second-order valence-electron chi connectivity index (χ2n) is 3.90. The Morgan fingerprint density at radius 1 is 1.12 bits per heavy atom. The van der Waals surface area contributed by atoms with Crippen molar-refractivity contribution in [3.05, 3.63) is 35.4 Å². The molecule has 1 rings (SSSR count). The minimum Gasteiger partial charge on any atom is -0.383 e. The largest absolute Gasteiger partial charge is 0.383 e. The van der Waals surface area contributed by atoms with E-state index in [1.54, 1.807) is 7.11 Å². The highest BCUT2D eigenvalue weighted by Gasteiger charge is 2.06. The summed E-state index contributed by atoms with van der Waals surface area (Å²) < 4.78 is 31.4. The van der Waals surface area contributed by atoms with Crippen LogP contribution in [0, 0.1) is 11.6 Å². The van der Waals surface area contributed by atoms with Crippen molar-refractivity contribution >= 4 is 0 Å². The number of rotatable bonds is 8. The van der Waals surface area contributed by atoms with E-state index in [1.165, 1.54) is 18.2 Å². The molecule has 0 unspecified atom stereocenters. The summed E-state index contributed by atoms with van der Waals surface area (Å²) in [6.07, 6.45) is 2.12. The van der Waals surface area contributed by atoms with Crippen LogP contribution in [0.15, 0.2) is 18.2 Å². The number of methoxy groups -OCH3 is 1. The summed E-state index contributed by atoms with van der Waals surface area (Å²) in [5.74, 6) is -0.894. The first-order valence-electron chi connectivity index (χ1n) is 5.88. The van der Waals surface area contributed by atoms with E-state index in [0.717, 1.165) is 25.9 Å². The third-order valence-corrected chi connectivity index (χ3v) is 2.57. The Labute approximate surface area is 101 Å². The Kier molecular flexibility index (Phi) is 6.74. The van der Waals surface area contributed by atoms with Crippen molar-refractivity contribution in [1.29, 1.82) is 0 Å². The van der Waals surface area contributed by atoms with Crippen LogP contribution in [0.4, 0.5) is 8.78 Å². The van der Waals surface area contributed by atoms with Crippen LogP contribution in [0.25, 0.3) is 0 Å². The molecule has 0 aromatic heterocycles. The van der Waals surface area contributed by atoms with Crippen molar-refractivity contribution in [2.75, 3.05) is 26.8 Å². The van der Waals surface area contributed by atoms with Crippen LogP contribution in [-0.2, 0) is 11.2 Å². The Balaban J connectivity index is 2.18. The molecule has 0 spiro atoms. The molecule has 0 atom stereocenters. The maximum atomic E-state index is 13.3. The lowest BCUT2D eigenvalue weighted by Crippen LogP contribution is -2.20. The normalized spacial score (nSPS) is 10.8. The van der Waals surface area contributed by atoms with Crippen LogP contribution in [-0.4, -0.2) is 26.8 Å². The van der Waals surface area contributed by atoms with E-state index in [4.69, 9.17) is 4.74 Å². The van der Waals surface area contributed by atoms with Gasteiger partial charge in [-0.05, 0) is 37.9 Å². The van der Waals surface area contributed by atoms with Gasteiger partial charge in [0.15, 0.2) is 0 Å². The highest BCUT2D eigenvalue weighted by Crippen LogP contribution is 2.14. The van der Waals surface area contributed by atoms with Gasteiger partial charge in [0.05, 0.1) is 6.61 Å². The second kappa shape index (κ2) is 8.14. The summed E-state index contributed by atoms with van der Waals surface area (Å²) in [6.45, 7) is 2.34. The summed E-state index contributed by atoms with van der Waals surface area (Å²) in [5.41, 5.74) is 0.199. The third kappa shape index (κ3) is 5.24. The van der Waals surface area contributed by atoms with Gasteiger partial charge in [-0.15, -0.1) is 0 Å². The molecule has 17 heavy (non-hydrogen) atoms. The number of halogens is 2. The van der Waals surface area contributed by atoms with Gasteiger partial charge in [-0.25, -0.2) is 8.78 Å². The minimum absolute atomic E-state index is 0.199. The van der Waals surface area contributed by atoms with Crippen LogP contribution >= 0.6 is 0 Å². The molecule has 0 fully saturated rings. The number of nitrogens with one attached hydrogen (secondary N) is 1. The number of benzene rings is 1. The van der Waals surface area contributed by atoms with Gasteiger partial charge in [-0.2, -0.15) is 0 Å². The van der Waals surface area contributed by atoms with Crippen molar-refractivity contribution in [2.45, 2.75) is 19.3 Å². The molecule has 0 amide bonds. The smallest absolute Gasteiger partial charge is 0.129 e. The quantitative estimate of drug-likeness (QED) is 0.708. The lowest BCUT2D eigenvalue weighted by molar-refractivity contribution is 0.199. The maximum absolute atomic E-state index is 13.3. The van der Waals surface area contributed by atoms with E-state index >= 15 is 0 Å². The lowest BCUT2D eigenvalue weighted by Gasteiger charge is -2.06. The van der Waals surface area contributed by atoms with Crippen molar-refractivity contribution in [3.63, 3.8) is 0 Å². The molecule has 1 aromatic carbocycles. The van der Waals surface area contributed by atoms with Gasteiger partial charge >= 0.3 is 0 Å². The van der Waals surface area contributed by atoms with Crippen molar-refractivity contribution in [1.82, 2.24) is 5.32 Å². The average molecular weight is 243 g/mol. The van der Waals surface area contributed by atoms with Crippen molar-refractivity contribution in [3.8, 4) is 0 Å². The predicted octanol–water partition coefficient (Wildman–Crippen LogP) is 2.52. The molecular formula is C13H19F2NO. The van der Waals surface area contributed by atoms with E-state index in [9.17, 15) is 8.78 Å². The Hall–Kier alpha value is -1.00. The topological polar surface area (TPSA) is 21.3 Å². The molecular weight excluding hydrogens is 224 g/mol. The fourth-order valence-electron chi connectivity index (χ4n) is 1.62. The van der Waals surface area contributed by atoms with Gasteiger partial charge in [0.1, 0.15) is 11.6 Å². The van der Waals surface area contributed by atoms with Gasteiger partial charge in [0.25, 0.3) is 0 Å². The maximum Gasteiger partial charge on any atom is 0.129 e. The number of ether oxygens (including phenoxy) is 1. The van der Waals surface area contributed by atoms with E-state index in [2.05, 4.69) is 5.32 Å². The fourth-order valence-corrected chi connectivity index (χ4v) is 1.62. The third-order valence-electron chi connectivity index (χ3n) is 2.57. The van der Waals surface area contributed by atoms with Gasteiger partial charge in [0, 0.05) is 19.2 Å². The Bertz CT molecular complexity index is 311. The van der Waals surface area contributed by atoms with Crippen LogP contribution in [0.2, 0.25) is 0 Å². The molecule has 0 saturated carbocycles. The summed E-state index contributed by atoms with van der Waals surface area (Å²) in [6, 6.07) is 3.99. The van der Waals surface area contributed by atoms with Crippen LogP contribution in [0.1, 0.15) is 18.4 Å². The zero-order valence-corrected chi connectivity index (χ0v) is 10.1. The van der Waals surface area contributed by atoms with E-state index in [1.807, 2.05) is 0 Å². The molecule has 2 nitrogen and oxygen atoms in total. The van der Waals surface area contributed by atoms with Gasteiger partial charge in [0.2, 0.25) is 0 Å². The first-order chi connectivity index (χ1) is 8.25. The van der Waals surface area contributed by atoms with Gasteiger partial charge in [-0.3, -0.25) is 0 Å². The summed E-state index contributed by atoms with van der Waals surface area (Å²) in [7, 11) is 1.66. The molecule has 1 aromatic rings. The highest BCUT2D eigenvalue weighted by atomic mass is 19.1. The molecule has 0 bridgehead atoms. The molecule has 1 N–H and O–H groups in total. The summed E-state index contributed by atoms with van der Waals surface area (Å²) >= 11 is 0. The number of hydrogen-bond donors (Lipinski definition) is 1. The number of hydrogen-bond acceptors (Lipinski definition) is 2. The fraction of sp³-hybridized carbons (Fsp3) is 0.538. The molecule has 4 heteroatoms. The molecule has 0 aliphatic heterocycles. The zero-order chi connectivity index (χ0) is 12.5. The molecule has 0 saturated heterocycles. The highest BCUT2D eigenvalue weighted by molar-refractivity contribution is 5.19. The molecule has 0 aliphatic carbocycles. The van der Waals surface area contributed by atoms with E-state index < -0.39 is 11.6 Å². The Morgan fingerprint density at radius 2 is 1.82 bits per heavy atom. The average Bonchev–Trinajstić information content (AvgIpc) is 2.31. The van der Waals surface area contributed by atoms with Crippen LogP contribution in [0.3, 0.4) is 0 Å². The van der Waals surface area contributed by atoms with E-state index in [-0.39, 0.29) is 5.56 Å². The standard InChI is InChI=1S/C13H19F2NO/c1-17-10-9-16-8-3-2-5-11-12(14)6-4-7-13(11)15/h4,6-7,16H,2-3,5,8-10H2,1H3. The van der Waals surface area contributed by atoms with Crippen LogP contribution in [0.5, 0.6) is 0 Å². The molecule has 0 radical (unpaired) electrons.